The maximum atomic E-state index is 11.8. The highest BCUT2D eigenvalue weighted by Gasteiger charge is 2.34. The van der Waals surface area contributed by atoms with Crippen LogP contribution in [0.15, 0.2) is 36.5 Å². The molecular weight excluding hydrogens is 248 g/mol. The van der Waals surface area contributed by atoms with Gasteiger partial charge in [-0.05, 0) is 25.6 Å². The summed E-state index contributed by atoms with van der Waals surface area (Å²) in [6.45, 7) is 3.51. The number of ketones is 1. The SMILES string of the molecule is CC(=O)[C@@H]1C=C2c3cccc4ccn(c34)C[C@H]2N(C)C1. The molecule has 0 saturated carbocycles. The Morgan fingerprint density at radius 2 is 2.10 bits per heavy atom. The summed E-state index contributed by atoms with van der Waals surface area (Å²) < 4.78 is 2.34. The molecule has 1 aromatic heterocycles. The highest BCUT2D eigenvalue weighted by atomic mass is 16.1. The molecule has 102 valence electrons. The third-order valence-electron chi connectivity index (χ3n) is 4.75. The van der Waals surface area contributed by atoms with Gasteiger partial charge in [0.25, 0.3) is 0 Å². The number of rotatable bonds is 1. The minimum Gasteiger partial charge on any atom is -0.345 e. The highest BCUT2D eigenvalue weighted by Crippen LogP contribution is 2.38. The Morgan fingerprint density at radius 3 is 2.90 bits per heavy atom. The maximum Gasteiger partial charge on any atom is 0.137 e. The predicted octanol–water partition coefficient (Wildman–Crippen LogP) is 2.56. The second-order valence-electron chi connectivity index (χ2n) is 6.01. The van der Waals surface area contributed by atoms with Gasteiger partial charge in [-0.15, -0.1) is 0 Å². The number of hydrogen-bond donors (Lipinski definition) is 0. The molecule has 0 unspecified atom stereocenters. The van der Waals surface area contributed by atoms with Crippen LogP contribution in [0.25, 0.3) is 16.5 Å². The van der Waals surface area contributed by atoms with Crippen LogP contribution in [0.3, 0.4) is 0 Å². The molecule has 0 spiro atoms. The molecule has 0 saturated heterocycles. The second-order valence-corrected chi connectivity index (χ2v) is 6.01. The van der Waals surface area contributed by atoms with Gasteiger partial charge in [0.05, 0.1) is 11.6 Å². The van der Waals surface area contributed by atoms with Gasteiger partial charge in [-0.1, -0.05) is 24.3 Å². The first kappa shape index (κ1) is 11.9. The van der Waals surface area contributed by atoms with E-state index in [0.29, 0.717) is 6.04 Å². The molecule has 2 aromatic rings. The number of benzene rings is 1. The molecule has 0 amide bonds. The molecule has 3 nitrogen and oxygen atoms in total. The number of hydrogen-bond acceptors (Lipinski definition) is 2. The Kier molecular flexibility index (Phi) is 2.42. The van der Waals surface area contributed by atoms with Gasteiger partial charge in [0.15, 0.2) is 0 Å². The molecule has 3 heterocycles. The van der Waals surface area contributed by atoms with E-state index >= 15 is 0 Å². The van der Waals surface area contributed by atoms with Crippen LogP contribution in [0.4, 0.5) is 0 Å². The zero-order chi connectivity index (χ0) is 13.9. The lowest BCUT2D eigenvalue weighted by Crippen LogP contribution is -2.45. The van der Waals surface area contributed by atoms with Gasteiger partial charge in [-0.2, -0.15) is 0 Å². The zero-order valence-electron chi connectivity index (χ0n) is 11.8. The third kappa shape index (κ3) is 1.53. The molecule has 20 heavy (non-hydrogen) atoms. The lowest BCUT2D eigenvalue weighted by molar-refractivity contribution is -0.120. The van der Waals surface area contributed by atoms with E-state index in [1.165, 1.54) is 22.0 Å². The van der Waals surface area contributed by atoms with E-state index in [9.17, 15) is 4.79 Å². The van der Waals surface area contributed by atoms with Crippen LogP contribution in [0.5, 0.6) is 0 Å². The first-order valence-corrected chi connectivity index (χ1v) is 7.16. The minimum absolute atomic E-state index is 0.0306. The van der Waals surface area contributed by atoms with Crippen molar-refractivity contribution in [3.8, 4) is 0 Å². The maximum absolute atomic E-state index is 11.8. The van der Waals surface area contributed by atoms with Crippen molar-refractivity contribution < 1.29 is 4.79 Å². The molecule has 3 heteroatoms. The fourth-order valence-electron chi connectivity index (χ4n) is 3.64. The lowest BCUT2D eigenvalue weighted by atomic mass is 9.85. The van der Waals surface area contributed by atoms with Gasteiger partial charge >= 0.3 is 0 Å². The molecule has 2 aliphatic heterocycles. The summed E-state index contributed by atoms with van der Waals surface area (Å²) in [5.74, 6) is 0.291. The van der Waals surface area contributed by atoms with Crippen molar-refractivity contribution in [3.05, 3.63) is 42.1 Å². The van der Waals surface area contributed by atoms with Gasteiger partial charge in [0, 0.05) is 36.2 Å². The number of fused-ring (bicyclic) bond motifs is 2. The topological polar surface area (TPSA) is 25.2 Å². The number of aromatic nitrogens is 1. The predicted molar refractivity (Wildman–Crippen MR) is 80.5 cm³/mol. The zero-order valence-corrected chi connectivity index (χ0v) is 11.8. The Labute approximate surface area is 118 Å². The molecule has 0 radical (unpaired) electrons. The van der Waals surface area contributed by atoms with E-state index < -0.39 is 0 Å². The summed E-state index contributed by atoms with van der Waals surface area (Å²) in [4.78, 5) is 14.1. The molecule has 1 aromatic carbocycles. The molecule has 0 fully saturated rings. The molecule has 2 aliphatic rings. The molecular formula is C17H18N2O. The quantitative estimate of drug-likeness (QED) is 0.792. The number of Topliss-reactive ketones (excluding diaryl/α,β-unsaturated/α-hetero) is 1. The fraction of sp³-hybridized carbons (Fsp3) is 0.353. The summed E-state index contributed by atoms with van der Waals surface area (Å²) in [6, 6.07) is 9.02. The van der Waals surface area contributed by atoms with E-state index in [0.717, 1.165) is 13.1 Å². The monoisotopic (exact) mass is 266 g/mol. The van der Waals surface area contributed by atoms with Crippen LogP contribution in [0, 0.1) is 5.92 Å². The van der Waals surface area contributed by atoms with Gasteiger partial charge in [0.1, 0.15) is 5.78 Å². The lowest BCUT2D eigenvalue weighted by Gasteiger charge is -2.40. The average molecular weight is 266 g/mol. The van der Waals surface area contributed by atoms with Crippen LogP contribution in [0.2, 0.25) is 0 Å². The normalized spacial score (nSPS) is 25.4. The summed E-state index contributed by atoms with van der Waals surface area (Å²) >= 11 is 0. The van der Waals surface area contributed by atoms with Gasteiger partial charge in [-0.3, -0.25) is 9.69 Å². The molecule has 0 N–H and O–H groups in total. The average Bonchev–Trinajstić information content (AvgIpc) is 2.84. The second kappa shape index (κ2) is 4.06. The van der Waals surface area contributed by atoms with Gasteiger partial charge < -0.3 is 4.57 Å². The van der Waals surface area contributed by atoms with Crippen molar-refractivity contribution in [2.75, 3.05) is 13.6 Å². The van der Waals surface area contributed by atoms with Crippen molar-refractivity contribution in [1.29, 1.82) is 0 Å². The van der Waals surface area contributed by atoms with E-state index in [2.05, 4.69) is 53.1 Å². The summed E-state index contributed by atoms with van der Waals surface area (Å²) in [5, 5.41) is 1.29. The highest BCUT2D eigenvalue weighted by molar-refractivity contribution is 5.96. The Morgan fingerprint density at radius 1 is 1.25 bits per heavy atom. The largest absolute Gasteiger partial charge is 0.345 e. The smallest absolute Gasteiger partial charge is 0.137 e. The van der Waals surface area contributed by atoms with Crippen molar-refractivity contribution >= 4 is 22.3 Å². The van der Waals surface area contributed by atoms with Crippen LogP contribution in [-0.2, 0) is 11.3 Å². The van der Waals surface area contributed by atoms with Crippen molar-refractivity contribution in [2.24, 2.45) is 5.92 Å². The van der Waals surface area contributed by atoms with E-state index in [1.54, 1.807) is 6.92 Å². The van der Waals surface area contributed by atoms with Crippen molar-refractivity contribution in [3.63, 3.8) is 0 Å². The Bertz CT molecular complexity index is 741. The number of para-hydroxylation sites is 1. The van der Waals surface area contributed by atoms with Crippen LogP contribution >= 0.6 is 0 Å². The van der Waals surface area contributed by atoms with Gasteiger partial charge in [-0.25, -0.2) is 0 Å². The summed E-state index contributed by atoms with van der Waals surface area (Å²) in [7, 11) is 2.13. The van der Waals surface area contributed by atoms with E-state index in [4.69, 9.17) is 0 Å². The number of nitrogens with zero attached hydrogens (tertiary/aromatic N) is 2. The molecule has 2 atom stereocenters. The van der Waals surface area contributed by atoms with E-state index in [1.807, 2.05) is 0 Å². The molecule has 4 rings (SSSR count). The minimum atomic E-state index is 0.0306. The number of carbonyl (C=O) groups excluding carboxylic acids is 1. The van der Waals surface area contributed by atoms with Crippen LogP contribution in [0.1, 0.15) is 12.5 Å². The van der Waals surface area contributed by atoms with Crippen LogP contribution in [-0.4, -0.2) is 34.9 Å². The van der Waals surface area contributed by atoms with Gasteiger partial charge in [0.2, 0.25) is 0 Å². The fourth-order valence-corrected chi connectivity index (χ4v) is 3.64. The molecule has 0 bridgehead atoms. The number of carbonyl (C=O) groups is 1. The Hall–Kier alpha value is -1.87. The third-order valence-corrected chi connectivity index (χ3v) is 4.75. The summed E-state index contributed by atoms with van der Waals surface area (Å²) in [6.07, 6.45) is 4.38. The van der Waals surface area contributed by atoms with E-state index in [-0.39, 0.29) is 11.7 Å². The number of likely N-dealkylation sites (N-methyl/N-ethyl adjacent to an activating group) is 1. The Balaban J connectivity index is 1.96. The van der Waals surface area contributed by atoms with Crippen molar-refractivity contribution in [1.82, 2.24) is 9.47 Å². The van der Waals surface area contributed by atoms with Crippen LogP contribution < -0.4 is 0 Å². The first-order valence-electron chi connectivity index (χ1n) is 7.16. The molecule has 0 aliphatic carbocycles. The van der Waals surface area contributed by atoms with Crippen molar-refractivity contribution in [2.45, 2.75) is 19.5 Å². The standard InChI is InChI=1S/C17H18N2O/c1-11(20)13-8-15-14-5-3-4-12-6-7-19(17(12)14)10-16(15)18(2)9-13/h3-8,13,16H,9-10H2,1-2H3/t13-,16-/m1/s1. The first-order chi connectivity index (χ1) is 9.65. The summed E-state index contributed by atoms with van der Waals surface area (Å²) in [5.41, 5.74) is 3.94.